The maximum Gasteiger partial charge on any atom is 0.309 e. The number of carbonyl (C=O) groups is 1. The Morgan fingerprint density at radius 3 is 2.75 bits per heavy atom. The van der Waals surface area contributed by atoms with Crippen LogP contribution in [0.1, 0.15) is 50.7 Å². The summed E-state index contributed by atoms with van der Waals surface area (Å²) in [4.78, 5) is 11.8. The van der Waals surface area contributed by atoms with Crippen molar-refractivity contribution in [3.8, 4) is 5.75 Å². The molecule has 3 nitrogen and oxygen atoms in total. The van der Waals surface area contributed by atoms with Crippen molar-refractivity contribution in [3.63, 3.8) is 0 Å². The number of benzene rings is 1. The molecule has 3 heteroatoms. The van der Waals surface area contributed by atoms with Gasteiger partial charge >= 0.3 is 5.97 Å². The van der Waals surface area contributed by atoms with Gasteiger partial charge in [-0.15, -0.1) is 0 Å². The average molecular weight is 274 g/mol. The summed E-state index contributed by atoms with van der Waals surface area (Å²) in [6, 6.07) is 5.59. The molecule has 0 saturated heterocycles. The van der Waals surface area contributed by atoms with Crippen LogP contribution in [0.2, 0.25) is 0 Å². The van der Waals surface area contributed by atoms with Crippen LogP contribution in [0, 0.1) is 11.3 Å². The predicted molar refractivity (Wildman–Crippen MR) is 76.9 cm³/mol. The summed E-state index contributed by atoms with van der Waals surface area (Å²) in [5.41, 5.74) is 1.67. The highest BCUT2D eigenvalue weighted by Gasteiger charge is 2.55. The van der Waals surface area contributed by atoms with Gasteiger partial charge in [-0.3, -0.25) is 4.79 Å². The van der Waals surface area contributed by atoms with E-state index in [1.165, 1.54) is 11.1 Å². The quantitative estimate of drug-likeness (QED) is 0.824. The van der Waals surface area contributed by atoms with Crippen LogP contribution < -0.4 is 0 Å². The minimum Gasteiger partial charge on any atom is -0.508 e. The van der Waals surface area contributed by atoms with Crippen LogP contribution in [0.3, 0.4) is 0 Å². The SMILES string of the molecule is C[C@@]1(C(=O)O)CCC[C@@]2(C)c3cc(O)ccc3CC[C@@H]12. The fourth-order valence-electron chi connectivity index (χ4n) is 4.70. The zero-order valence-corrected chi connectivity index (χ0v) is 12.1. The zero-order valence-electron chi connectivity index (χ0n) is 12.1. The predicted octanol–water partition coefficient (Wildman–Crippen LogP) is 3.49. The van der Waals surface area contributed by atoms with E-state index in [1.54, 1.807) is 6.07 Å². The molecule has 3 rings (SSSR count). The van der Waals surface area contributed by atoms with Gasteiger partial charge in [-0.1, -0.05) is 19.4 Å². The van der Waals surface area contributed by atoms with E-state index in [2.05, 4.69) is 6.92 Å². The number of aromatic hydroxyl groups is 1. The molecule has 2 N–H and O–H groups in total. The molecule has 0 spiro atoms. The summed E-state index contributed by atoms with van der Waals surface area (Å²) >= 11 is 0. The van der Waals surface area contributed by atoms with Crippen LogP contribution in [0.15, 0.2) is 18.2 Å². The van der Waals surface area contributed by atoms with Gasteiger partial charge in [-0.05, 0) is 67.2 Å². The third-order valence-corrected chi connectivity index (χ3v) is 5.83. The van der Waals surface area contributed by atoms with Crippen molar-refractivity contribution in [2.24, 2.45) is 11.3 Å². The number of fused-ring (bicyclic) bond motifs is 3. The fraction of sp³-hybridized carbons (Fsp3) is 0.588. The molecule has 0 aliphatic heterocycles. The minimum absolute atomic E-state index is 0.127. The Morgan fingerprint density at radius 1 is 1.30 bits per heavy atom. The maximum atomic E-state index is 11.8. The number of carboxylic acids is 1. The van der Waals surface area contributed by atoms with Gasteiger partial charge in [0.15, 0.2) is 0 Å². The topological polar surface area (TPSA) is 57.5 Å². The molecule has 0 amide bonds. The summed E-state index contributed by atoms with van der Waals surface area (Å²) in [5.74, 6) is -0.235. The highest BCUT2D eigenvalue weighted by Crippen LogP contribution is 2.57. The first-order valence-corrected chi connectivity index (χ1v) is 7.44. The molecule has 0 unspecified atom stereocenters. The number of carboxylic acid groups (broad SMARTS) is 1. The van der Waals surface area contributed by atoms with Crippen molar-refractivity contribution in [2.75, 3.05) is 0 Å². The smallest absolute Gasteiger partial charge is 0.309 e. The molecule has 1 saturated carbocycles. The number of hydrogen-bond acceptors (Lipinski definition) is 2. The zero-order chi connectivity index (χ0) is 14.5. The van der Waals surface area contributed by atoms with Crippen LogP contribution in [0.5, 0.6) is 5.75 Å². The lowest BCUT2D eigenvalue weighted by atomic mass is 9.50. The monoisotopic (exact) mass is 274 g/mol. The molecule has 0 heterocycles. The summed E-state index contributed by atoms with van der Waals surface area (Å²) in [7, 11) is 0. The third kappa shape index (κ3) is 1.68. The molecule has 20 heavy (non-hydrogen) atoms. The van der Waals surface area contributed by atoms with Crippen molar-refractivity contribution in [2.45, 2.75) is 51.4 Å². The Labute approximate surface area is 119 Å². The molecule has 1 aromatic carbocycles. The van der Waals surface area contributed by atoms with Crippen LogP contribution >= 0.6 is 0 Å². The number of aryl methyl sites for hydroxylation is 1. The van der Waals surface area contributed by atoms with E-state index in [4.69, 9.17) is 0 Å². The number of phenols is 1. The van der Waals surface area contributed by atoms with Crippen molar-refractivity contribution in [3.05, 3.63) is 29.3 Å². The molecule has 2 aliphatic carbocycles. The van der Waals surface area contributed by atoms with Crippen LogP contribution in [-0.2, 0) is 16.6 Å². The first-order chi connectivity index (χ1) is 9.38. The second-order valence-corrected chi connectivity index (χ2v) is 6.93. The van der Waals surface area contributed by atoms with Crippen molar-refractivity contribution in [1.29, 1.82) is 0 Å². The number of aliphatic carboxylic acids is 1. The van der Waals surface area contributed by atoms with Gasteiger partial charge in [0.25, 0.3) is 0 Å². The van der Waals surface area contributed by atoms with E-state index in [0.29, 0.717) is 0 Å². The first-order valence-electron chi connectivity index (χ1n) is 7.44. The van der Waals surface area contributed by atoms with Gasteiger partial charge < -0.3 is 10.2 Å². The van der Waals surface area contributed by atoms with Gasteiger partial charge in [0.05, 0.1) is 5.41 Å². The molecule has 108 valence electrons. The summed E-state index contributed by atoms with van der Waals surface area (Å²) in [6.07, 6.45) is 4.55. The summed E-state index contributed by atoms with van der Waals surface area (Å²) < 4.78 is 0. The second kappa shape index (κ2) is 4.24. The fourth-order valence-corrected chi connectivity index (χ4v) is 4.70. The molecule has 3 atom stereocenters. The Hall–Kier alpha value is -1.51. The van der Waals surface area contributed by atoms with E-state index in [-0.39, 0.29) is 17.1 Å². The number of hydrogen-bond donors (Lipinski definition) is 2. The van der Waals surface area contributed by atoms with E-state index in [0.717, 1.165) is 32.1 Å². The normalized spacial score (nSPS) is 36.0. The van der Waals surface area contributed by atoms with Crippen LogP contribution in [0.25, 0.3) is 0 Å². The Morgan fingerprint density at radius 2 is 2.05 bits per heavy atom. The molecule has 1 aromatic rings. The van der Waals surface area contributed by atoms with Crippen molar-refractivity contribution < 1.29 is 15.0 Å². The maximum absolute atomic E-state index is 11.8. The number of phenolic OH excluding ortho intramolecular Hbond substituents is 1. The molecular formula is C17H22O3. The number of rotatable bonds is 1. The molecule has 0 radical (unpaired) electrons. The van der Waals surface area contributed by atoms with E-state index >= 15 is 0 Å². The van der Waals surface area contributed by atoms with Gasteiger partial charge in [-0.25, -0.2) is 0 Å². The molecule has 0 aromatic heterocycles. The molecule has 1 fully saturated rings. The highest BCUT2D eigenvalue weighted by atomic mass is 16.4. The lowest BCUT2D eigenvalue weighted by Crippen LogP contribution is -2.52. The van der Waals surface area contributed by atoms with E-state index in [1.807, 2.05) is 19.1 Å². The minimum atomic E-state index is -0.669. The average Bonchev–Trinajstić information content (AvgIpc) is 2.39. The van der Waals surface area contributed by atoms with Crippen LogP contribution in [0.4, 0.5) is 0 Å². The van der Waals surface area contributed by atoms with E-state index in [9.17, 15) is 15.0 Å². The standard InChI is InChI=1S/C17H22O3/c1-16-8-3-9-17(2,15(19)20)14(16)7-5-11-4-6-12(18)10-13(11)16/h4,6,10,14,18H,3,5,7-9H2,1-2H3,(H,19,20)/t14-,16+,17-/m1/s1. The summed E-state index contributed by atoms with van der Waals surface area (Å²) in [5, 5.41) is 19.5. The van der Waals surface area contributed by atoms with Gasteiger partial charge in [-0.2, -0.15) is 0 Å². The lowest BCUT2D eigenvalue weighted by molar-refractivity contribution is -0.157. The van der Waals surface area contributed by atoms with Gasteiger partial charge in [0.1, 0.15) is 5.75 Å². The Bertz CT molecular complexity index is 565. The lowest BCUT2D eigenvalue weighted by Gasteiger charge is -2.53. The Balaban J connectivity index is 2.13. The largest absolute Gasteiger partial charge is 0.508 e. The van der Waals surface area contributed by atoms with Gasteiger partial charge in [0, 0.05) is 0 Å². The Kier molecular flexibility index (Phi) is 2.86. The third-order valence-electron chi connectivity index (χ3n) is 5.83. The highest BCUT2D eigenvalue weighted by molar-refractivity contribution is 5.75. The molecular weight excluding hydrogens is 252 g/mol. The first kappa shape index (κ1) is 13.5. The van der Waals surface area contributed by atoms with Crippen LogP contribution in [-0.4, -0.2) is 16.2 Å². The molecule has 2 aliphatic rings. The van der Waals surface area contributed by atoms with E-state index < -0.39 is 11.4 Å². The summed E-state index contributed by atoms with van der Waals surface area (Å²) in [6.45, 7) is 4.10. The van der Waals surface area contributed by atoms with Crippen molar-refractivity contribution in [1.82, 2.24) is 0 Å². The molecule has 0 bridgehead atoms. The second-order valence-electron chi connectivity index (χ2n) is 6.93. The van der Waals surface area contributed by atoms with Gasteiger partial charge in [0.2, 0.25) is 0 Å². The van der Waals surface area contributed by atoms with Crippen molar-refractivity contribution >= 4 is 5.97 Å².